The lowest BCUT2D eigenvalue weighted by molar-refractivity contribution is -0.384. The van der Waals surface area contributed by atoms with Crippen molar-refractivity contribution >= 4 is 22.6 Å². The van der Waals surface area contributed by atoms with Crippen LogP contribution in [0, 0.1) is 10.1 Å². The summed E-state index contributed by atoms with van der Waals surface area (Å²) in [6, 6.07) is 14.5. The topological polar surface area (TPSA) is 106 Å². The Morgan fingerprint density at radius 2 is 1.96 bits per heavy atom. The maximum Gasteiger partial charge on any atom is 0.287 e. The van der Waals surface area contributed by atoms with Crippen LogP contribution in [0.3, 0.4) is 0 Å². The van der Waals surface area contributed by atoms with E-state index in [1.807, 2.05) is 6.07 Å². The molecule has 3 aromatic rings. The van der Waals surface area contributed by atoms with Gasteiger partial charge in [-0.3, -0.25) is 14.9 Å². The molecule has 1 unspecified atom stereocenters. The molecule has 0 saturated heterocycles. The van der Waals surface area contributed by atoms with Crippen LogP contribution < -0.4 is 5.32 Å². The van der Waals surface area contributed by atoms with Crippen LogP contribution in [0.4, 0.5) is 5.69 Å². The van der Waals surface area contributed by atoms with Crippen molar-refractivity contribution in [2.24, 2.45) is 0 Å². The van der Waals surface area contributed by atoms with Crippen molar-refractivity contribution in [1.82, 2.24) is 5.32 Å². The zero-order chi connectivity index (χ0) is 17.1. The average Bonchev–Trinajstić information content (AvgIpc) is 3.03. The standard InChI is InChI=1S/C17H14N2O5/c20-14(11-4-2-1-3-5-11)10-18-17(21)16-9-12-8-13(19(22)23)6-7-15(12)24-16/h1-9,14,20H,10H2,(H,18,21). The van der Waals surface area contributed by atoms with Crippen molar-refractivity contribution in [3.8, 4) is 0 Å². The maximum absolute atomic E-state index is 12.1. The third-order valence-electron chi connectivity index (χ3n) is 3.57. The largest absolute Gasteiger partial charge is 0.451 e. The van der Waals surface area contributed by atoms with Gasteiger partial charge in [-0.05, 0) is 17.7 Å². The highest BCUT2D eigenvalue weighted by atomic mass is 16.6. The van der Waals surface area contributed by atoms with Crippen LogP contribution in [-0.2, 0) is 0 Å². The Morgan fingerprint density at radius 1 is 1.21 bits per heavy atom. The fraction of sp³-hybridized carbons (Fsp3) is 0.118. The van der Waals surface area contributed by atoms with Crippen molar-refractivity contribution in [2.75, 3.05) is 6.54 Å². The van der Waals surface area contributed by atoms with Crippen LogP contribution >= 0.6 is 0 Å². The third kappa shape index (κ3) is 3.26. The van der Waals surface area contributed by atoms with Gasteiger partial charge in [-0.1, -0.05) is 30.3 Å². The molecule has 0 radical (unpaired) electrons. The van der Waals surface area contributed by atoms with E-state index in [1.165, 1.54) is 24.3 Å². The second-order valence-electron chi connectivity index (χ2n) is 5.23. The Bertz CT molecular complexity index is 888. The molecule has 1 aromatic heterocycles. The summed E-state index contributed by atoms with van der Waals surface area (Å²) >= 11 is 0. The highest BCUT2D eigenvalue weighted by molar-refractivity contribution is 5.96. The molecule has 24 heavy (non-hydrogen) atoms. The highest BCUT2D eigenvalue weighted by Gasteiger charge is 2.16. The lowest BCUT2D eigenvalue weighted by atomic mass is 10.1. The minimum absolute atomic E-state index is 0.0278. The van der Waals surface area contributed by atoms with Crippen LogP contribution in [0.1, 0.15) is 22.2 Å². The molecule has 1 atom stereocenters. The molecule has 0 aliphatic heterocycles. The molecule has 2 N–H and O–H groups in total. The molecule has 0 aliphatic carbocycles. The molecule has 3 rings (SSSR count). The summed E-state index contributed by atoms with van der Waals surface area (Å²) in [5, 5.41) is 23.8. The Morgan fingerprint density at radius 3 is 2.67 bits per heavy atom. The molecule has 0 fully saturated rings. The Balaban J connectivity index is 1.71. The average molecular weight is 326 g/mol. The van der Waals surface area contributed by atoms with E-state index in [0.29, 0.717) is 16.5 Å². The normalized spacial score (nSPS) is 12.0. The number of non-ortho nitro benzene ring substituents is 1. The van der Waals surface area contributed by atoms with Gasteiger partial charge in [0.1, 0.15) is 5.58 Å². The van der Waals surface area contributed by atoms with Gasteiger partial charge in [0.05, 0.1) is 11.0 Å². The first kappa shape index (κ1) is 15.7. The first-order valence-electron chi connectivity index (χ1n) is 7.24. The molecule has 7 heteroatoms. The van der Waals surface area contributed by atoms with Crippen LogP contribution in [-0.4, -0.2) is 22.5 Å². The molecule has 2 aromatic carbocycles. The molecule has 1 heterocycles. The van der Waals surface area contributed by atoms with E-state index in [0.717, 1.165) is 0 Å². The smallest absolute Gasteiger partial charge is 0.287 e. The van der Waals surface area contributed by atoms with Crippen molar-refractivity contribution in [3.63, 3.8) is 0 Å². The number of hydrogen-bond acceptors (Lipinski definition) is 5. The highest BCUT2D eigenvalue weighted by Crippen LogP contribution is 2.24. The summed E-state index contributed by atoms with van der Waals surface area (Å²) in [6.07, 6.45) is -0.833. The molecule has 0 spiro atoms. The van der Waals surface area contributed by atoms with Crippen LogP contribution in [0.15, 0.2) is 59.0 Å². The number of nitrogens with one attached hydrogen (secondary N) is 1. The van der Waals surface area contributed by atoms with Gasteiger partial charge in [-0.25, -0.2) is 0 Å². The summed E-state index contributed by atoms with van der Waals surface area (Å²) in [6.45, 7) is 0.0278. The number of fused-ring (bicyclic) bond motifs is 1. The van der Waals surface area contributed by atoms with Crippen molar-refractivity contribution in [1.29, 1.82) is 0 Å². The number of benzene rings is 2. The van der Waals surface area contributed by atoms with Gasteiger partial charge in [0.25, 0.3) is 11.6 Å². The SMILES string of the molecule is O=C(NCC(O)c1ccccc1)c1cc2cc([N+](=O)[O-])ccc2o1. The van der Waals surface area contributed by atoms with Gasteiger partial charge in [-0.2, -0.15) is 0 Å². The lowest BCUT2D eigenvalue weighted by Gasteiger charge is -2.11. The molecule has 0 bridgehead atoms. The number of nitrogens with zero attached hydrogens (tertiary/aromatic N) is 1. The predicted octanol–water partition coefficient (Wildman–Crippen LogP) is 2.80. The second-order valence-corrected chi connectivity index (χ2v) is 5.23. The molecule has 0 aliphatic rings. The number of nitro groups is 1. The molecule has 122 valence electrons. The van der Waals surface area contributed by atoms with Crippen LogP contribution in [0.5, 0.6) is 0 Å². The van der Waals surface area contributed by atoms with Gasteiger partial charge in [0.15, 0.2) is 5.76 Å². The number of carbonyl (C=O) groups is 1. The molecule has 1 amide bonds. The Labute approximate surface area is 136 Å². The number of carbonyl (C=O) groups excluding carboxylic acids is 1. The number of hydrogen-bond donors (Lipinski definition) is 2. The Hall–Kier alpha value is -3.19. The quantitative estimate of drug-likeness (QED) is 0.554. The van der Waals surface area contributed by atoms with E-state index in [2.05, 4.69) is 5.32 Å². The van der Waals surface area contributed by atoms with Gasteiger partial charge in [0, 0.05) is 24.1 Å². The number of aliphatic hydroxyl groups excluding tert-OH is 1. The van der Waals surface area contributed by atoms with Crippen molar-refractivity contribution < 1.29 is 19.2 Å². The van der Waals surface area contributed by atoms with E-state index in [1.54, 1.807) is 24.3 Å². The van der Waals surface area contributed by atoms with E-state index in [9.17, 15) is 20.0 Å². The summed E-state index contributed by atoms with van der Waals surface area (Å²) in [7, 11) is 0. The predicted molar refractivity (Wildman–Crippen MR) is 86.6 cm³/mol. The number of rotatable bonds is 5. The van der Waals surface area contributed by atoms with Crippen molar-refractivity contribution in [2.45, 2.75) is 6.10 Å². The first-order chi connectivity index (χ1) is 11.5. The second kappa shape index (κ2) is 6.51. The number of furan rings is 1. The van der Waals surface area contributed by atoms with Crippen LogP contribution in [0.25, 0.3) is 11.0 Å². The molecular formula is C17H14N2O5. The molecule has 0 saturated carbocycles. The number of nitro benzene ring substituents is 1. The van der Waals surface area contributed by atoms with E-state index >= 15 is 0 Å². The molecular weight excluding hydrogens is 312 g/mol. The summed E-state index contributed by atoms with van der Waals surface area (Å²) in [5.41, 5.74) is 1.00. The molecule has 7 nitrogen and oxygen atoms in total. The maximum atomic E-state index is 12.1. The first-order valence-corrected chi connectivity index (χ1v) is 7.24. The van der Waals surface area contributed by atoms with Gasteiger partial charge in [0.2, 0.25) is 0 Å². The number of aliphatic hydroxyl groups is 1. The van der Waals surface area contributed by atoms with E-state index in [-0.39, 0.29) is 18.0 Å². The zero-order valence-electron chi connectivity index (χ0n) is 12.5. The zero-order valence-corrected chi connectivity index (χ0v) is 12.5. The fourth-order valence-corrected chi connectivity index (χ4v) is 2.33. The van der Waals surface area contributed by atoms with E-state index in [4.69, 9.17) is 4.42 Å². The van der Waals surface area contributed by atoms with Gasteiger partial charge in [-0.15, -0.1) is 0 Å². The van der Waals surface area contributed by atoms with Crippen molar-refractivity contribution in [3.05, 3.63) is 76.0 Å². The minimum atomic E-state index is -0.833. The lowest BCUT2D eigenvalue weighted by Crippen LogP contribution is -2.28. The Kier molecular flexibility index (Phi) is 4.26. The summed E-state index contributed by atoms with van der Waals surface area (Å²) < 4.78 is 5.39. The fourth-order valence-electron chi connectivity index (χ4n) is 2.33. The third-order valence-corrected chi connectivity index (χ3v) is 3.57. The summed E-state index contributed by atoms with van der Waals surface area (Å²) in [4.78, 5) is 22.4. The number of amides is 1. The van der Waals surface area contributed by atoms with Gasteiger partial charge >= 0.3 is 0 Å². The van der Waals surface area contributed by atoms with Crippen LogP contribution in [0.2, 0.25) is 0 Å². The monoisotopic (exact) mass is 326 g/mol. The summed E-state index contributed by atoms with van der Waals surface area (Å²) in [5.74, 6) is -0.463. The van der Waals surface area contributed by atoms with Gasteiger partial charge < -0.3 is 14.8 Å². The van der Waals surface area contributed by atoms with E-state index < -0.39 is 16.9 Å². The minimum Gasteiger partial charge on any atom is -0.451 e.